The Morgan fingerprint density at radius 3 is 2.88 bits per heavy atom. The van der Waals surface area contributed by atoms with E-state index in [1.807, 2.05) is 17.5 Å². The molecule has 1 aliphatic rings. The van der Waals surface area contributed by atoms with Crippen molar-refractivity contribution in [2.24, 2.45) is 0 Å². The highest BCUT2D eigenvalue weighted by atomic mass is 32.1. The highest BCUT2D eigenvalue weighted by Crippen LogP contribution is 2.16. The molecule has 1 atom stereocenters. The molecule has 6 nitrogen and oxygen atoms in total. The van der Waals surface area contributed by atoms with Gasteiger partial charge in [0.25, 0.3) is 5.91 Å². The van der Waals surface area contributed by atoms with E-state index >= 15 is 0 Å². The van der Waals surface area contributed by atoms with Crippen LogP contribution in [0.15, 0.2) is 23.7 Å². The third-order valence-corrected chi connectivity index (χ3v) is 5.55. The molecule has 0 bridgehead atoms. The number of rotatable bonds is 5. The first-order valence-corrected chi connectivity index (χ1v) is 9.57. The summed E-state index contributed by atoms with van der Waals surface area (Å²) in [4.78, 5) is 25.9. The zero-order chi connectivity index (χ0) is 17.8. The van der Waals surface area contributed by atoms with Gasteiger partial charge in [-0.25, -0.2) is 9.97 Å². The van der Waals surface area contributed by atoms with Crippen molar-refractivity contribution in [2.45, 2.75) is 32.9 Å². The summed E-state index contributed by atoms with van der Waals surface area (Å²) in [5.74, 6) is 0.822. The van der Waals surface area contributed by atoms with Gasteiger partial charge in [-0.3, -0.25) is 4.79 Å². The molecular weight excluding hydrogens is 334 g/mol. The lowest BCUT2D eigenvalue weighted by Crippen LogP contribution is -2.50. The summed E-state index contributed by atoms with van der Waals surface area (Å²) in [5.41, 5.74) is 1.65. The molecule has 25 heavy (non-hydrogen) atoms. The summed E-state index contributed by atoms with van der Waals surface area (Å²) in [6, 6.07) is 4.29. The van der Waals surface area contributed by atoms with Crippen LogP contribution in [-0.2, 0) is 13.0 Å². The number of nitrogens with one attached hydrogen (secondary N) is 1. The predicted molar refractivity (Wildman–Crippen MR) is 101 cm³/mol. The number of nitrogens with zero attached hydrogens (tertiary/aromatic N) is 4. The Balaban J connectivity index is 1.57. The van der Waals surface area contributed by atoms with Crippen LogP contribution in [0.4, 0.5) is 5.82 Å². The molecule has 1 aliphatic heterocycles. The van der Waals surface area contributed by atoms with E-state index in [0.29, 0.717) is 18.2 Å². The van der Waals surface area contributed by atoms with E-state index in [1.165, 1.54) is 0 Å². The average molecular weight is 359 g/mol. The minimum atomic E-state index is -0.112. The van der Waals surface area contributed by atoms with Crippen molar-refractivity contribution in [3.8, 4) is 0 Å². The number of likely N-dealkylation sites (N-methyl/N-ethyl adjacent to an activating group) is 1. The van der Waals surface area contributed by atoms with Crippen molar-refractivity contribution >= 4 is 23.1 Å². The van der Waals surface area contributed by atoms with Crippen LogP contribution < -0.4 is 10.2 Å². The molecule has 1 unspecified atom stereocenters. The van der Waals surface area contributed by atoms with Crippen molar-refractivity contribution in [3.05, 3.63) is 40.0 Å². The molecule has 1 saturated heterocycles. The molecule has 1 amide bonds. The fourth-order valence-corrected chi connectivity index (χ4v) is 3.63. The first-order chi connectivity index (χ1) is 12.1. The minimum absolute atomic E-state index is 0.112. The van der Waals surface area contributed by atoms with Crippen LogP contribution in [0.2, 0.25) is 0 Å². The number of carbonyl (C=O) groups is 1. The van der Waals surface area contributed by atoms with Gasteiger partial charge in [0.1, 0.15) is 10.8 Å². The average Bonchev–Trinajstić information content (AvgIpc) is 3.10. The molecule has 0 saturated carbocycles. The highest BCUT2D eigenvalue weighted by molar-refractivity contribution is 7.09. The molecule has 0 aromatic carbocycles. The lowest BCUT2D eigenvalue weighted by Gasteiger charge is -2.38. The molecule has 2 aromatic heterocycles. The number of hydrogen-bond donors (Lipinski definition) is 1. The lowest BCUT2D eigenvalue weighted by atomic mass is 10.2. The SMILES string of the molecule is CCc1csc(CNC(=O)c2ccc(N3CCN(C)C(C)C3)nc2)n1. The first-order valence-electron chi connectivity index (χ1n) is 8.69. The van der Waals surface area contributed by atoms with E-state index in [1.54, 1.807) is 17.5 Å². The van der Waals surface area contributed by atoms with Gasteiger partial charge in [0.15, 0.2) is 0 Å². The molecule has 7 heteroatoms. The number of aromatic nitrogens is 2. The second kappa shape index (κ2) is 7.93. The van der Waals surface area contributed by atoms with Crippen LogP contribution in [0.5, 0.6) is 0 Å². The Morgan fingerprint density at radius 2 is 2.24 bits per heavy atom. The van der Waals surface area contributed by atoms with Gasteiger partial charge in [-0.1, -0.05) is 6.92 Å². The standard InChI is InChI=1S/C18H25N5OS/c1-4-15-12-25-17(21-15)10-20-18(24)14-5-6-16(19-9-14)23-8-7-22(3)13(2)11-23/h5-6,9,12-13H,4,7-8,10-11H2,1-3H3,(H,20,24). The zero-order valence-electron chi connectivity index (χ0n) is 15.0. The molecular formula is C18H25N5OS. The van der Waals surface area contributed by atoms with Gasteiger partial charge < -0.3 is 15.1 Å². The summed E-state index contributed by atoms with van der Waals surface area (Å²) < 4.78 is 0. The Kier molecular flexibility index (Phi) is 5.65. The van der Waals surface area contributed by atoms with Crippen molar-refractivity contribution in [2.75, 3.05) is 31.6 Å². The third kappa shape index (κ3) is 4.35. The maximum atomic E-state index is 12.3. The number of pyridine rings is 1. The van der Waals surface area contributed by atoms with Gasteiger partial charge in [0.2, 0.25) is 0 Å². The monoisotopic (exact) mass is 359 g/mol. The van der Waals surface area contributed by atoms with Crippen LogP contribution in [0.3, 0.4) is 0 Å². The second-order valence-electron chi connectivity index (χ2n) is 6.45. The third-order valence-electron chi connectivity index (χ3n) is 4.66. The first kappa shape index (κ1) is 17.8. The quantitative estimate of drug-likeness (QED) is 0.887. The topological polar surface area (TPSA) is 61.4 Å². The number of amides is 1. The van der Waals surface area contributed by atoms with E-state index in [4.69, 9.17) is 0 Å². The van der Waals surface area contributed by atoms with Crippen molar-refractivity contribution in [3.63, 3.8) is 0 Å². The number of anilines is 1. The Morgan fingerprint density at radius 1 is 1.40 bits per heavy atom. The van der Waals surface area contributed by atoms with Crippen molar-refractivity contribution < 1.29 is 4.79 Å². The molecule has 0 radical (unpaired) electrons. The second-order valence-corrected chi connectivity index (χ2v) is 7.39. The molecule has 0 spiro atoms. The van der Waals surface area contributed by atoms with E-state index in [2.05, 4.69) is 46.0 Å². The van der Waals surface area contributed by atoms with Gasteiger partial charge >= 0.3 is 0 Å². The normalized spacial score (nSPS) is 18.4. The van der Waals surface area contributed by atoms with Crippen LogP contribution in [0.25, 0.3) is 0 Å². The van der Waals surface area contributed by atoms with E-state index < -0.39 is 0 Å². The number of hydrogen-bond acceptors (Lipinski definition) is 6. The Hall–Kier alpha value is -1.99. The molecule has 1 N–H and O–H groups in total. The fraction of sp³-hybridized carbons (Fsp3) is 0.500. The highest BCUT2D eigenvalue weighted by Gasteiger charge is 2.21. The number of piperazine rings is 1. The Bertz CT molecular complexity index is 715. The zero-order valence-corrected chi connectivity index (χ0v) is 15.8. The van der Waals surface area contributed by atoms with E-state index in [0.717, 1.165) is 42.6 Å². The molecule has 2 aromatic rings. The maximum Gasteiger partial charge on any atom is 0.253 e. The summed E-state index contributed by atoms with van der Waals surface area (Å²) in [7, 11) is 2.15. The lowest BCUT2D eigenvalue weighted by molar-refractivity contribution is 0.0950. The number of thiazole rings is 1. The molecule has 3 heterocycles. The van der Waals surface area contributed by atoms with Crippen LogP contribution in [-0.4, -0.2) is 53.5 Å². The maximum absolute atomic E-state index is 12.3. The van der Waals surface area contributed by atoms with E-state index in [-0.39, 0.29) is 5.91 Å². The minimum Gasteiger partial charge on any atom is -0.354 e. The van der Waals surface area contributed by atoms with Gasteiger partial charge in [-0.05, 0) is 32.5 Å². The molecule has 0 aliphatic carbocycles. The summed E-state index contributed by atoms with van der Waals surface area (Å²) >= 11 is 1.58. The smallest absolute Gasteiger partial charge is 0.253 e. The summed E-state index contributed by atoms with van der Waals surface area (Å²) in [5, 5.41) is 5.88. The molecule has 134 valence electrons. The summed E-state index contributed by atoms with van der Waals surface area (Å²) in [6.07, 6.45) is 2.58. The molecule has 3 rings (SSSR count). The number of carbonyl (C=O) groups excluding carboxylic acids is 1. The van der Waals surface area contributed by atoms with Crippen molar-refractivity contribution in [1.82, 2.24) is 20.2 Å². The predicted octanol–water partition coefficient (Wildman–Crippen LogP) is 2.17. The van der Waals surface area contributed by atoms with Crippen LogP contribution in [0.1, 0.15) is 34.9 Å². The van der Waals surface area contributed by atoms with Gasteiger partial charge in [0, 0.05) is 37.3 Å². The fourth-order valence-electron chi connectivity index (χ4n) is 2.81. The van der Waals surface area contributed by atoms with Crippen LogP contribution in [0, 0.1) is 0 Å². The largest absolute Gasteiger partial charge is 0.354 e. The summed E-state index contributed by atoms with van der Waals surface area (Å²) in [6.45, 7) is 7.70. The van der Waals surface area contributed by atoms with Gasteiger partial charge in [-0.2, -0.15) is 0 Å². The Labute approximate surface area is 152 Å². The van der Waals surface area contributed by atoms with Crippen molar-refractivity contribution in [1.29, 1.82) is 0 Å². The van der Waals surface area contributed by atoms with Gasteiger partial charge in [-0.15, -0.1) is 11.3 Å². The van der Waals surface area contributed by atoms with Crippen LogP contribution >= 0.6 is 11.3 Å². The van der Waals surface area contributed by atoms with Gasteiger partial charge in [0.05, 0.1) is 17.8 Å². The molecule has 1 fully saturated rings. The van der Waals surface area contributed by atoms with E-state index in [9.17, 15) is 4.79 Å². The number of aryl methyl sites for hydroxylation is 1.